The Labute approximate surface area is 280 Å². The first kappa shape index (κ1) is 33.4. The number of rotatable bonds is 11. The van der Waals surface area contributed by atoms with Gasteiger partial charge >= 0.3 is 10.1 Å². The molecule has 0 N–H and O–H groups in total. The summed E-state index contributed by atoms with van der Waals surface area (Å²) in [6.07, 6.45) is 4.89. The molecule has 4 aromatic rings. The second-order valence-corrected chi connectivity index (χ2v) is 16.5. The largest absolute Gasteiger partial charge is 0.465 e. The molecule has 2 heterocycles. The lowest BCUT2D eigenvalue weighted by Crippen LogP contribution is -2.25. The Morgan fingerprint density at radius 2 is 1.15 bits per heavy atom. The summed E-state index contributed by atoms with van der Waals surface area (Å²) in [5, 5.41) is 0. The number of ether oxygens (including phenoxy) is 4. The van der Waals surface area contributed by atoms with Crippen molar-refractivity contribution in [3.63, 3.8) is 0 Å². The third kappa shape index (κ3) is 7.79. The Hall–Kier alpha value is -3.54. The normalized spacial score (nSPS) is 20.5. The van der Waals surface area contributed by atoms with E-state index in [0.717, 1.165) is 49.8 Å². The number of benzene rings is 4. The highest BCUT2D eigenvalue weighted by molar-refractivity contribution is 8.33. The van der Waals surface area contributed by atoms with Gasteiger partial charge in [-0.15, -0.1) is 0 Å². The lowest BCUT2D eigenvalue weighted by Gasteiger charge is -2.40. The van der Waals surface area contributed by atoms with Crippen LogP contribution in [0.2, 0.25) is 0 Å². The van der Waals surface area contributed by atoms with Crippen LogP contribution in [0.1, 0.15) is 44.1 Å². The van der Waals surface area contributed by atoms with Gasteiger partial charge in [0.05, 0.1) is 18.1 Å². The van der Waals surface area contributed by atoms with E-state index >= 15 is 0 Å². The summed E-state index contributed by atoms with van der Waals surface area (Å²) in [5.74, 6) is 1.16. The second kappa shape index (κ2) is 14.7. The summed E-state index contributed by atoms with van der Waals surface area (Å²) < 4.78 is 59.7. The molecule has 2 aliphatic heterocycles. The maximum atomic E-state index is 14.3. The van der Waals surface area contributed by atoms with Gasteiger partial charge in [-0.05, 0) is 116 Å². The predicted molar refractivity (Wildman–Crippen MR) is 184 cm³/mol. The first-order chi connectivity index (χ1) is 22.7. The fourth-order valence-corrected chi connectivity index (χ4v) is 10.9. The van der Waals surface area contributed by atoms with Crippen LogP contribution in [0.3, 0.4) is 0 Å². The molecule has 2 unspecified atom stereocenters. The molecule has 0 bridgehead atoms. The lowest BCUT2D eigenvalue weighted by molar-refractivity contribution is -0.106. The third-order valence-corrected chi connectivity index (χ3v) is 13.4. The van der Waals surface area contributed by atoms with Crippen molar-refractivity contribution in [1.29, 1.82) is 0 Å². The zero-order valence-corrected chi connectivity index (χ0v) is 28.8. The Balaban J connectivity index is 1.53. The topological polar surface area (TPSA) is 83.5 Å². The van der Waals surface area contributed by atoms with Crippen LogP contribution in [0.5, 0.6) is 11.5 Å². The summed E-state index contributed by atoms with van der Waals surface area (Å²) in [6, 6.07) is 29.7. The molecule has 2 saturated heterocycles. The van der Waals surface area contributed by atoms with E-state index < -0.39 is 20.4 Å². The quantitative estimate of drug-likeness (QED) is 0.156. The highest BCUT2D eigenvalue weighted by Gasteiger charge is 2.39. The van der Waals surface area contributed by atoms with Crippen LogP contribution in [-0.4, -0.2) is 48.3 Å². The van der Waals surface area contributed by atoms with Crippen molar-refractivity contribution in [1.82, 2.24) is 0 Å². The monoisotopic (exact) mass is 677 g/mol. The Morgan fingerprint density at radius 3 is 1.62 bits per heavy atom. The summed E-state index contributed by atoms with van der Waals surface area (Å²) in [6.45, 7) is 3.21. The number of aryl methyl sites for hydroxylation is 1. The van der Waals surface area contributed by atoms with Gasteiger partial charge in [0.25, 0.3) is 0 Å². The average Bonchev–Trinajstić information content (AvgIpc) is 3.09. The minimum Gasteiger partial charge on any atom is -0.465 e. The fourth-order valence-electron chi connectivity index (χ4n) is 5.71. The van der Waals surface area contributed by atoms with E-state index in [9.17, 15) is 8.42 Å². The molecule has 0 aromatic heterocycles. The van der Waals surface area contributed by atoms with E-state index in [-0.39, 0.29) is 17.5 Å². The number of anilines is 1. The second-order valence-electron chi connectivity index (χ2n) is 12.1. The van der Waals surface area contributed by atoms with Gasteiger partial charge in [0.15, 0.2) is 12.6 Å². The van der Waals surface area contributed by atoms with Crippen LogP contribution in [0.25, 0.3) is 0 Å². The van der Waals surface area contributed by atoms with Gasteiger partial charge in [-0.1, -0.05) is 29.8 Å². The third-order valence-electron chi connectivity index (χ3n) is 8.27. The van der Waals surface area contributed by atoms with Crippen LogP contribution < -0.4 is 14.4 Å². The van der Waals surface area contributed by atoms with E-state index in [1.807, 2.05) is 98.7 Å². The molecule has 6 rings (SSSR count). The van der Waals surface area contributed by atoms with E-state index in [1.165, 1.54) is 0 Å². The van der Waals surface area contributed by atoms with Crippen LogP contribution in [0, 0.1) is 6.92 Å². The van der Waals surface area contributed by atoms with Gasteiger partial charge in [0.2, 0.25) is 0 Å². The first-order valence-corrected chi connectivity index (χ1v) is 19.1. The van der Waals surface area contributed by atoms with Crippen molar-refractivity contribution in [2.45, 2.75) is 77.6 Å². The van der Waals surface area contributed by atoms with Crippen molar-refractivity contribution in [3.05, 3.63) is 103 Å². The van der Waals surface area contributed by atoms with Crippen molar-refractivity contribution in [2.75, 3.05) is 32.2 Å². The molecule has 2 atom stereocenters. The summed E-state index contributed by atoms with van der Waals surface area (Å²) in [4.78, 5) is 4.10. The molecule has 47 heavy (non-hydrogen) atoms. The molecular formula is C37H43NO7S2. The van der Waals surface area contributed by atoms with Gasteiger partial charge < -0.3 is 23.8 Å². The fraction of sp³-hybridized carbons (Fsp3) is 0.351. The molecule has 250 valence electrons. The van der Waals surface area contributed by atoms with Gasteiger partial charge in [0.1, 0.15) is 11.5 Å². The maximum Gasteiger partial charge on any atom is 0.307 e. The highest BCUT2D eigenvalue weighted by Crippen LogP contribution is 2.71. The molecule has 8 nitrogen and oxygen atoms in total. The van der Waals surface area contributed by atoms with Crippen LogP contribution in [0.4, 0.5) is 5.69 Å². The van der Waals surface area contributed by atoms with Crippen molar-refractivity contribution in [2.24, 2.45) is 0 Å². The van der Waals surface area contributed by atoms with Gasteiger partial charge in [0, 0.05) is 47.3 Å². The summed E-state index contributed by atoms with van der Waals surface area (Å²) in [5.41, 5.74) is 1.92. The SMILES string of the molecule is Cc1ccc(S(=O)(=O)OS(c2ccc(N(C)C)cc2)(c2cccc(OC3CCCCO3)c2)c2cccc(OC3CCCCO3)c2)cc1. The number of nitrogens with zero attached hydrogens (tertiary/aromatic N) is 1. The summed E-state index contributed by atoms with van der Waals surface area (Å²) in [7, 11) is -3.32. The van der Waals surface area contributed by atoms with Crippen molar-refractivity contribution >= 4 is 26.1 Å². The van der Waals surface area contributed by atoms with Crippen LogP contribution in [0.15, 0.2) is 117 Å². The minimum absolute atomic E-state index is 0.0795. The average molecular weight is 678 g/mol. The van der Waals surface area contributed by atoms with Gasteiger partial charge in [-0.2, -0.15) is 8.42 Å². The van der Waals surface area contributed by atoms with Gasteiger partial charge in [-0.3, -0.25) is 0 Å². The molecule has 0 amide bonds. The first-order valence-electron chi connectivity index (χ1n) is 16.1. The number of hydrogen-bond acceptors (Lipinski definition) is 8. The molecule has 0 aliphatic carbocycles. The van der Waals surface area contributed by atoms with E-state index in [1.54, 1.807) is 24.3 Å². The smallest absolute Gasteiger partial charge is 0.307 e. The van der Waals surface area contributed by atoms with E-state index in [0.29, 0.717) is 39.4 Å². The molecule has 2 fully saturated rings. The Kier molecular flexibility index (Phi) is 10.4. The molecule has 0 saturated carbocycles. The molecular weight excluding hydrogens is 635 g/mol. The Morgan fingerprint density at radius 1 is 0.638 bits per heavy atom. The molecule has 4 aromatic carbocycles. The van der Waals surface area contributed by atoms with Crippen LogP contribution in [-0.2, 0) is 23.2 Å². The zero-order valence-electron chi connectivity index (χ0n) is 27.2. The van der Waals surface area contributed by atoms with Crippen LogP contribution >= 0.6 is 10.3 Å². The summed E-state index contributed by atoms with van der Waals surface area (Å²) >= 11 is 0. The molecule has 0 spiro atoms. The Bertz CT molecular complexity index is 1670. The van der Waals surface area contributed by atoms with Crippen molar-refractivity contribution < 1.29 is 31.0 Å². The molecule has 10 heteroatoms. The minimum atomic E-state index is -4.29. The predicted octanol–water partition coefficient (Wildman–Crippen LogP) is 8.47. The molecule has 0 radical (unpaired) electrons. The lowest BCUT2D eigenvalue weighted by atomic mass is 10.2. The number of hydrogen-bond donors (Lipinski definition) is 0. The van der Waals surface area contributed by atoms with E-state index in [4.69, 9.17) is 22.6 Å². The van der Waals surface area contributed by atoms with Gasteiger partial charge in [-0.25, -0.2) is 3.63 Å². The van der Waals surface area contributed by atoms with Crippen molar-refractivity contribution in [3.8, 4) is 11.5 Å². The molecule has 2 aliphatic rings. The highest BCUT2D eigenvalue weighted by atomic mass is 32.3. The zero-order chi connectivity index (χ0) is 32.9. The van der Waals surface area contributed by atoms with E-state index in [2.05, 4.69) is 0 Å². The maximum absolute atomic E-state index is 14.3. The standard InChI is InChI=1S/C37H43NO7S2/c1-28-16-20-33(21-17-28)47(39,40)45-46(32-22-18-29(19-23-32)38(2)3,34-12-8-10-30(26-34)43-36-14-4-6-24-41-36)35-13-9-11-31(27-35)44-37-15-5-7-25-42-37/h8-13,16-23,26-27,36-37H,4-7,14-15,24-25H2,1-3H3.